The Morgan fingerprint density at radius 2 is 1.60 bits per heavy atom. The molecule has 0 spiro atoms. The predicted octanol–water partition coefficient (Wildman–Crippen LogP) is -3.74. The van der Waals surface area contributed by atoms with E-state index in [1.165, 1.54) is 0 Å². The van der Waals surface area contributed by atoms with Crippen molar-refractivity contribution in [2.24, 2.45) is 0 Å². The molecule has 0 radical (unpaired) electrons. The Morgan fingerprint density at radius 3 is 1.60 bits per heavy atom. The van der Waals surface area contributed by atoms with Crippen LogP contribution in [0, 0.1) is 11.2 Å². The van der Waals surface area contributed by atoms with E-state index in [1.54, 1.807) is 0 Å². The van der Waals surface area contributed by atoms with Gasteiger partial charge in [-0.05, 0) is 0 Å². The number of hydrogen-bond donors (Lipinski definition) is 0. The Kier molecular flexibility index (Phi) is 71.3. The fourth-order valence-electron chi connectivity index (χ4n) is 0. The Hall–Kier alpha value is 0.845. The first-order chi connectivity index (χ1) is 1.41. The number of nitrogens with zero attached hydrogens (tertiary/aromatic N) is 1. The largest absolute Gasteiger partial charge is 1.00 e. The number of halogens is 1. The average Bonchev–Trinajstić information content (AvgIpc) is 0.918. The van der Waals surface area contributed by atoms with Crippen molar-refractivity contribution in [2.45, 2.75) is 0 Å². The van der Waals surface area contributed by atoms with Gasteiger partial charge in [0.05, 0.1) is 7.85 Å². The van der Waals surface area contributed by atoms with Crippen molar-refractivity contribution >= 4 is 20.3 Å². The van der Waals surface area contributed by atoms with Crippen molar-refractivity contribution in [3.63, 3.8) is 0 Å². The van der Waals surface area contributed by atoms with E-state index in [4.69, 9.17) is 5.26 Å². The molecule has 0 aromatic heterocycles. The van der Waals surface area contributed by atoms with E-state index in [0.717, 1.165) is 0 Å². The van der Waals surface area contributed by atoms with Crippen LogP contribution in [-0.2, 0) is 0 Å². The second-order valence-electron chi connectivity index (χ2n) is 0. The molecule has 1 nitrogen and oxygen atoms in total. The minimum Gasteiger partial charge on any atom is -0.251 e. The fraction of sp³-hybridized carbons (Fsp3) is 0. The van der Waals surface area contributed by atoms with Gasteiger partial charge in [0.1, 0.15) is 0 Å². The number of nitriles is 1. The molecule has 0 aliphatic carbocycles. The first-order valence-electron chi connectivity index (χ1n) is 0.224. The van der Waals surface area contributed by atoms with E-state index in [-0.39, 0.29) is 49.8 Å². The van der Waals surface area contributed by atoms with E-state index in [0.29, 0.717) is 0 Å². The zero-order chi connectivity index (χ0) is 2.71. The minimum atomic E-state index is 0. The number of hydrogen-bond acceptors (Lipinski definition) is 1. The summed E-state index contributed by atoms with van der Waals surface area (Å²) in [5.41, 5.74) is 0. The fourth-order valence-corrected chi connectivity index (χ4v) is 0. The van der Waals surface area contributed by atoms with Gasteiger partial charge in [-0.15, -0.1) is 12.4 Å². The number of rotatable bonds is 0. The molecule has 0 rings (SSSR count). The molecule has 24 valence electrons. The summed E-state index contributed by atoms with van der Waals surface area (Å²) < 4.78 is 0. The zero-order valence-corrected chi connectivity index (χ0v) is 5.17. The molecule has 0 aromatic carbocycles. The van der Waals surface area contributed by atoms with Crippen molar-refractivity contribution in [1.82, 2.24) is 0 Å². The van der Waals surface area contributed by atoms with Crippen LogP contribution in [0.4, 0.5) is 0 Å². The summed E-state index contributed by atoms with van der Waals surface area (Å²) in [5, 5.41) is 7.43. The quantitative estimate of drug-likeness (QED) is 0.286. The second-order valence-corrected chi connectivity index (χ2v) is 0. The van der Waals surface area contributed by atoms with Gasteiger partial charge in [0.15, 0.2) is 0 Å². The molecule has 0 aliphatic rings. The topological polar surface area (TPSA) is 23.8 Å². The van der Waals surface area contributed by atoms with Crippen molar-refractivity contribution < 1.29 is 29.6 Å². The van der Waals surface area contributed by atoms with Gasteiger partial charge in [0.2, 0.25) is 0 Å². The molecule has 0 fully saturated rings. The maximum Gasteiger partial charge on any atom is 1.00 e. The van der Waals surface area contributed by atoms with Crippen LogP contribution in [0.2, 0.25) is 0 Å². The molecule has 0 unspecified atom stereocenters. The van der Waals surface area contributed by atoms with Crippen LogP contribution in [0.25, 0.3) is 0 Å². The molecule has 0 bridgehead atoms. The molecule has 4 heteroatoms. The predicted molar refractivity (Wildman–Crippen MR) is 22.8 cm³/mol. The molecular weight excluding hydrogens is 95.3 g/mol. The third-order valence-corrected chi connectivity index (χ3v) is 0. The summed E-state index contributed by atoms with van der Waals surface area (Å²) in [6.07, 6.45) is 0. The van der Waals surface area contributed by atoms with Crippen LogP contribution < -0.4 is 29.6 Å². The van der Waals surface area contributed by atoms with Crippen LogP contribution in [0.15, 0.2) is 0 Å². The second kappa shape index (κ2) is 21.0. The van der Waals surface area contributed by atoms with Crippen LogP contribution in [0.3, 0.4) is 0 Å². The van der Waals surface area contributed by atoms with Gasteiger partial charge in [0.25, 0.3) is 0 Å². The van der Waals surface area contributed by atoms with Gasteiger partial charge < -0.3 is 0 Å². The van der Waals surface area contributed by atoms with Crippen LogP contribution in [0.5, 0.6) is 0 Å². The first kappa shape index (κ1) is 17.0. The van der Waals surface area contributed by atoms with E-state index in [1.807, 2.05) is 5.97 Å². The molecule has 0 saturated heterocycles. The Balaban J connectivity index is -0.0000000200. The monoisotopic (exact) mass is 99.0 g/mol. The Morgan fingerprint density at radius 1 is 1.60 bits per heavy atom. The average molecular weight is 99.3 g/mol. The third kappa shape index (κ3) is 54.9. The molecular formula is CH4BClNNa. The molecule has 0 aliphatic heterocycles. The molecule has 0 N–H and O–H groups in total. The van der Waals surface area contributed by atoms with Gasteiger partial charge in [-0.3, -0.25) is 5.26 Å². The van der Waals surface area contributed by atoms with Crippen molar-refractivity contribution in [2.75, 3.05) is 0 Å². The normalized spacial score (nSPS) is 1.60. The Bertz CT molecular complexity index is 33.1. The minimum absolute atomic E-state index is 0. The van der Waals surface area contributed by atoms with Crippen molar-refractivity contribution in [3.8, 4) is 5.97 Å². The van der Waals surface area contributed by atoms with Crippen molar-refractivity contribution in [1.29, 1.82) is 5.26 Å². The van der Waals surface area contributed by atoms with E-state index < -0.39 is 0 Å². The summed E-state index contributed by atoms with van der Waals surface area (Å²) >= 11 is 0. The third-order valence-electron chi connectivity index (χ3n) is 0. The van der Waals surface area contributed by atoms with Crippen LogP contribution in [0.1, 0.15) is 0 Å². The van der Waals surface area contributed by atoms with Gasteiger partial charge in [-0.1, -0.05) is 0 Å². The van der Waals surface area contributed by atoms with Gasteiger partial charge in [0, 0.05) is 0 Å². The standard InChI is InChI=1S/CH3BN.ClH.Na/c2-1-3;;/h2H3;1H;/q-1;;+1. The van der Waals surface area contributed by atoms with Crippen molar-refractivity contribution in [3.05, 3.63) is 0 Å². The van der Waals surface area contributed by atoms with Gasteiger partial charge in [-0.2, -0.15) is 5.97 Å². The van der Waals surface area contributed by atoms with Gasteiger partial charge in [-0.25, -0.2) is 0 Å². The summed E-state index contributed by atoms with van der Waals surface area (Å²) in [6.45, 7) is 0. The zero-order valence-electron chi connectivity index (χ0n) is 2.36. The van der Waals surface area contributed by atoms with E-state index >= 15 is 0 Å². The molecule has 0 saturated carbocycles. The van der Waals surface area contributed by atoms with E-state index in [9.17, 15) is 0 Å². The summed E-state index contributed by atoms with van der Waals surface area (Å²) in [6, 6.07) is 0. The molecule has 0 heterocycles. The summed E-state index contributed by atoms with van der Waals surface area (Å²) in [7, 11) is 0.0694. The maximum atomic E-state index is 7.43. The summed E-state index contributed by atoms with van der Waals surface area (Å²) in [4.78, 5) is 0. The van der Waals surface area contributed by atoms with Crippen LogP contribution >= 0.6 is 12.4 Å². The summed E-state index contributed by atoms with van der Waals surface area (Å²) in [5.74, 6) is 2.00. The first-order valence-corrected chi connectivity index (χ1v) is 0.224. The molecule has 0 atom stereocenters. The Labute approximate surface area is 60.9 Å². The smallest absolute Gasteiger partial charge is 0.251 e. The van der Waals surface area contributed by atoms with Gasteiger partial charge >= 0.3 is 29.6 Å². The molecule has 0 aromatic rings. The molecule has 5 heavy (non-hydrogen) atoms. The SMILES string of the molecule is Cl.[BH3-]C#N.[Na+]. The van der Waals surface area contributed by atoms with Crippen LogP contribution in [-0.4, -0.2) is 7.85 Å². The maximum absolute atomic E-state index is 7.43. The molecule has 0 amide bonds. The van der Waals surface area contributed by atoms with E-state index in [2.05, 4.69) is 0 Å².